The van der Waals surface area contributed by atoms with Crippen LogP contribution in [0.5, 0.6) is 5.75 Å². The van der Waals surface area contributed by atoms with Gasteiger partial charge in [-0.05, 0) is 62.5 Å². The van der Waals surface area contributed by atoms with Gasteiger partial charge < -0.3 is 15.4 Å². The van der Waals surface area contributed by atoms with E-state index < -0.39 is 9.84 Å². The smallest absolute Gasteiger partial charge is 0.220 e. The van der Waals surface area contributed by atoms with Crippen molar-refractivity contribution in [2.75, 3.05) is 26.0 Å². The van der Waals surface area contributed by atoms with E-state index in [1.807, 2.05) is 0 Å². The second kappa shape index (κ2) is 9.20. The highest BCUT2D eigenvalue weighted by molar-refractivity contribution is 7.90. The fraction of sp³-hybridized carbons (Fsp3) is 0.611. The number of hydrogen-bond donors (Lipinski definition) is 2. The van der Waals surface area contributed by atoms with Crippen LogP contribution in [0.3, 0.4) is 0 Å². The normalized spacial score (nSPS) is 20.9. The molecule has 2 N–H and O–H groups in total. The lowest BCUT2D eigenvalue weighted by Gasteiger charge is -2.30. The Kier molecular flexibility index (Phi) is 7.25. The van der Waals surface area contributed by atoms with Crippen LogP contribution in [-0.4, -0.2) is 46.3 Å². The standard InChI is InChI=1S/C18H28N2O4S/c1-14-13-19-11-10-17(14)20-18(21)5-3-4-12-24-15-6-8-16(9-7-15)25(2,22)23/h6-9,14,17,19H,3-5,10-13H2,1-2H3,(H,20,21). The molecule has 2 unspecified atom stereocenters. The molecule has 1 fully saturated rings. The van der Waals surface area contributed by atoms with Crippen molar-refractivity contribution in [3.8, 4) is 5.75 Å². The molecule has 1 aromatic rings. The average molecular weight is 368 g/mol. The van der Waals surface area contributed by atoms with E-state index in [1.54, 1.807) is 12.1 Å². The second-order valence-electron chi connectivity index (χ2n) is 6.69. The van der Waals surface area contributed by atoms with Crippen molar-refractivity contribution in [2.24, 2.45) is 5.92 Å². The molecule has 1 amide bonds. The monoisotopic (exact) mass is 368 g/mol. The van der Waals surface area contributed by atoms with Crippen LogP contribution < -0.4 is 15.4 Å². The van der Waals surface area contributed by atoms with Gasteiger partial charge in [-0.15, -0.1) is 0 Å². The zero-order valence-corrected chi connectivity index (χ0v) is 15.8. The third-order valence-corrected chi connectivity index (χ3v) is 5.58. The van der Waals surface area contributed by atoms with E-state index >= 15 is 0 Å². The lowest BCUT2D eigenvalue weighted by molar-refractivity contribution is -0.122. The van der Waals surface area contributed by atoms with Crippen molar-refractivity contribution in [3.63, 3.8) is 0 Å². The first kappa shape index (κ1) is 19.7. The van der Waals surface area contributed by atoms with Crippen molar-refractivity contribution < 1.29 is 17.9 Å². The van der Waals surface area contributed by atoms with Crippen LogP contribution in [0.2, 0.25) is 0 Å². The largest absolute Gasteiger partial charge is 0.494 e. The van der Waals surface area contributed by atoms with Gasteiger partial charge in [0.15, 0.2) is 9.84 Å². The van der Waals surface area contributed by atoms with Gasteiger partial charge in [0.05, 0.1) is 11.5 Å². The number of nitrogens with one attached hydrogen (secondary N) is 2. The highest BCUT2D eigenvalue weighted by Gasteiger charge is 2.22. The Morgan fingerprint density at radius 1 is 1.28 bits per heavy atom. The Morgan fingerprint density at radius 3 is 2.64 bits per heavy atom. The minimum Gasteiger partial charge on any atom is -0.494 e. The van der Waals surface area contributed by atoms with Crippen LogP contribution in [0.1, 0.15) is 32.6 Å². The van der Waals surface area contributed by atoms with Gasteiger partial charge >= 0.3 is 0 Å². The van der Waals surface area contributed by atoms with E-state index in [0.717, 1.165) is 32.4 Å². The fourth-order valence-corrected chi connectivity index (χ4v) is 3.50. The highest BCUT2D eigenvalue weighted by Crippen LogP contribution is 2.16. The molecule has 0 saturated carbocycles. The second-order valence-corrected chi connectivity index (χ2v) is 8.71. The van der Waals surface area contributed by atoms with Gasteiger partial charge in [0.2, 0.25) is 5.91 Å². The van der Waals surface area contributed by atoms with E-state index in [4.69, 9.17) is 4.74 Å². The number of hydrogen-bond acceptors (Lipinski definition) is 5. The Labute approximate surface area is 150 Å². The number of carbonyl (C=O) groups is 1. The van der Waals surface area contributed by atoms with Crippen LogP contribution in [0.15, 0.2) is 29.2 Å². The van der Waals surface area contributed by atoms with Crippen LogP contribution >= 0.6 is 0 Å². The molecule has 140 valence electrons. The van der Waals surface area contributed by atoms with Gasteiger partial charge in [0.1, 0.15) is 5.75 Å². The first-order valence-corrected chi connectivity index (χ1v) is 10.7. The number of sulfone groups is 1. The van der Waals surface area contributed by atoms with Gasteiger partial charge in [0.25, 0.3) is 0 Å². The molecule has 0 aromatic heterocycles. The van der Waals surface area contributed by atoms with Gasteiger partial charge in [-0.1, -0.05) is 6.92 Å². The van der Waals surface area contributed by atoms with Crippen molar-refractivity contribution >= 4 is 15.7 Å². The van der Waals surface area contributed by atoms with E-state index in [-0.39, 0.29) is 16.8 Å². The average Bonchev–Trinajstić information content (AvgIpc) is 2.56. The summed E-state index contributed by atoms with van der Waals surface area (Å²) in [5.41, 5.74) is 0. The number of ether oxygens (including phenoxy) is 1. The molecule has 0 radical (unpaired) electrons. The molecular weight excluding hydrogens is 340 g/mol. The van der Waals surface area contributed by atoms with Crippen LogP contribution in [-0.2, 0) is 14.6 Å². The molecular formula is C18H28N2O4S. The molecule has 1 aliphatic heterocycles. The summed E-state index contributed by atoms with van der Waals surface area (Å²) < 4.78 is 28.4. The number of benzene rings is 1. The minimum absolute atomic E-state index is 0.108. The number of unbranched alkanes of at least 4 members (excludes halogenated alkanes) is 1. The number of amides is 1. The Bertz CT molecular complexity index is 658. The van der Waals surface area contributed by atoms with Crippen LogP contribution in [0.25, 0.3) is 0 Å². The molecule has 6 nitrogen and oxygen atoms in total. The maximum Gasteiger partial charge on any atom is 0.220 e. The summed E-state index contributed by atoms with van der Waals surface area (Å²) in [6.07, 6.45) is 4.22. The highest BCUT2D eigenvalue weighted by atomic mass is 32.2. The molecule has 25 heavy (non-hydrogen) atoms. The first-order chi connectivity index (χ1) is 11.9. The molecule has 1 aromatic carbocycles. The lowest BCUT2D eigenvalue weighted by Crippen LogP contribution is -2.48. The SMILES string of the molecule is CC1CNCCC1NC(=O)CCCCOc1ccc(S(C)(=O)=O)cc1. The molecule has 2 atom stereocenters. The molecule has 1 heterocycles. The summed E-state index contributed by atoms with van der Waals surface area (Å²) in [7, 11) is -3.18. The molecule has 2 rings (SSSR count). The number of rotatable bonds is 8. The quantitative estimate of drug-likeness (QED) is 0.683. The van der Waals surface area contributed by atoms with Crippen molar-refractivity contribution in [2.45, 2.75) is 43.5 Å². The van der Waals surface area contributed by atoms with Crippen molar-refractivity contribution in [3.05, 3.63) is 24.3 Å². The summed E-state index contributed by atoms with van der Waals surface area (Å²) in [4.78, 5) is 12.3. The summed E-state index contributed by atoms with van der Waals surface area (Å²) >= 11 is 0. The number of piperidine rings is 1. The summed E-state index contributed by atoms with van der Waals surface area (Å²) in [5.74, 6) is 1.22. The Hall–Kier alpha value is -1.60. The lowest BCUT2D eigenvalue weighted by atomic mass is 9.95. The summed E-state index contributed by atoms with van der Waals surface area (Å²) in [6.45, 7) is 4.58. The zero-order valence-electron chi connectivity index (χ0n) is 15.0. The first-order valence-electron chi connectivity index (χ1n) is 8.79. The van der Waals surface area contributed by atoms with E-state index in [0.29, 0.717) is 24.7 Å². The minimum atomic E-state index is -3.18. The molecule has 1 saturated heterocycles. The molecule has 0 spiro atoms. The number of carbonyl (C=O) groups excluding carboxylic acids is 1. The van der Waals surface area contributed by atoms with Crippen LogP contribution in [0, 0.1) is 5.92 Å². The molecule has 1 aliphatic rings. The molecule has 0 bridgehead atoms. The maximum absolute atomic E-state index is 12.0. The Morgan fingerprint density at radius 2 is 2.00 bits per heavy atom. The zero-order chi connectivity index (χ0) is 18.3. The van der Waals surface area contributed by atoms with E-state index in [1.165, 1.54) is 18.4 Å². The van der Waals surface area contributed by atoms with Gasteiger partial charge in [-0.3, -0.25) is 4.79 Å². The third-order valence-electron chi connectivity index (χ3n) is 4.45. The fourth-order valence-electron chi connectivity index (χ4n) is 2.87. The summed E-state index contributed by atoms with van der Waals surface area (Å²) in [5, 5.41) is 6.44. The van der Waals surface area contributed by atoms with Gasteiger partial charge in [0, 0.05) is 18.7 Å². The predicted octanol–water partition coefficient (Wildman–Crippen LogP) is 1.75. The third kappa shape index (κ3) is 6.66. The topological polar surface area (TPSA) is 84.5 Å². The summed E-state index contributed by atoms with van der Waals surface area (Å²) in [6, 6.07) is 6.66. The predicted molar refractivity (Wildman–Crippen MR) is 97.5 cm³/mol. The maximum atomic E-state index is 12.0. The van der Waals surface area contributed by atoms with E-state index in [2.05, 4.69) is 17.6 Å². The van der Waals surface area contributed by atoms with Crippen molar-refractivity contribution in [1.82, 2.24) is 10.6 Å². The molecule has 7 heteroatoms. The van der Waals surface area contributed by atoms with Gasteiger partial charge in [-0.25, -0.2) is 8.42 Å². The van der Waals surface area contributed by atoms with E-state index in [9.17, 15) is 13.2 Å². The molecule has 0 aliphatic carbocycles. The Balaban J connectivity index is 1.62. The van der Waals surface area contributed by atoms with Gasteiger partial charge in [-0.2, -0.15) is 0 Å². The van der Waals surface area contributed by atoms with Crippen LogP contribution in [0.4, 0.5) is 0 Å². The van der Waals surface area contributed by atoms with Crippen molar-refractivity contribution in [1.29, 1.82) is 0 Å².